The van der Waals surface area contributed by atoms with Crippen LogP contribution in [0.5, 0.6) is 5.75 Å². The van der Waals surface area contributed by atoms with Crippen molar-refractivity contribution in [3.63, 3.8) is 0 Å². The third-order valence-electron chi connectivity index (χ3n) is 7.04. The van der Waals surface area contributed by atoms with Crippen molar-refractivity contribution in [2.45, 2.75) is 79.1 Å². The van der Waals surface area contributed by atoms with Crippen molar-refractivity contribution in [3.8, 4) is 5.75 Å². The Balaban J connectivity index is 1.52. The van der Waals surface area contributed by atoms with Crippen LogP contribution in [-0.2, 0) is 4.79 Å². The summed E-state index contributed by atoms with van der Waals surface area (Å²) in [4.78, 5) is 25.9. The van der Waals surface area contributed by atoms with Crippen LogP contribution < -0.4 is 10.1 Å². The molecule has 5 heteroatoms. The number of amides is 1. The molecule has 1 atom stereocenters. The topological polar surface area (TPSA) is 58.6 Å². The van der Waals surface area contributed by atoms with Gasteiger partial charge in [-0.25, -0.2) is 0 Å². The molecule has 1 unspecified atom stereocenters. The number of carbonyl (C=O) groups excluding carboxylic acids is 2. The number of benzene rings is 1. The highest BCUT2D eigenvalue weighted by Crippen LogP contribution is 2.29. The number of rotatable bonds is 15. The second-order valence-electron chi connectivity index (χ2n) is 9.93. The summed E-state index contributed by atoms with van der Waals surface area (Å²) in [6.07, 6.45) is 9.64. The number of ether oxygens (including phenoxy) is 1. The van der Waals surface area contributed by atoms with Crippen LogP contribution in [0.4, 0.5) is 0 Å². The molecule has 0 radical (unpaired) electrons. The second kappa shape index (κ2) is 15.1. The van der Waals surface area contributed by atoms with Gasteiger partial charge in [0.15, 0.2) is 5.78 Å². The molecule has 1 saturated heterocycles. The first-order chi connectivity index (χ1) is 15.9. The molecular formula is C28H46N2O3. The van der Waals surface area contributed by atoms with Crippen molar-refractivity contribution in [2.24, 2.45) is 17.8 Å². The largest absolute Gasteiger partial charge is 0.494 e. The van der Waals surface area contributed by atoms with Gasteiger partial charge in [0.2, 0.25) is 5.91 Å². The van der Waals surface area contributed by atoms with E-state index in [0.29, 0.717) is 12.2 Å². The Hall–Kier alpha value is -1.88. The van der Waals surface area contributed by atoms with E-state index in [1.165, 1.54) is 58.2 Å². The standard InChI is InChI=1S/C28H46N2O3/c1-5-24(13-16-29-28(32)22(2)3)25-14-18-30(19-15-25)17-8-6-7-9-20-33-27-12-10-11-26(21-27)23(4)31/h10-12,21-22,24-25H,5-9,13-20H2,1-4H3,(H,29,32). The van der Waals surface area contributed by atoms with Crippen LogP contribution in [0.25, 0.3) is 0 Å². The van der Waals surface area contributed by atoms with Gasteiger partial charge < -0.3 is 15.0 Å². The molecule has 1 heterocycles. The summed E-state index contributed by atoms with van der Waals surface area (Å²) in [7, 11) is 0. The van der Waals surface area contributed by atoms with E-state index >= 15 is 0 Å². The van der Waals surface area contributed by atoms with Crippen molar-refractivity contribution >= 4 is 11.7 Å². The average Bonchev–Trinajstić information content (AvgIpc) is 2.81. The van der Waals surface area contributed by atoms with Crippen molar-refractivity contribution < 1.29 is 14.3 Å². The Morgan fingerprint density at radius 1 is 1.12 bits per heavy atom. The maximum absolute atomic E-state index is 11.8. The normalized spacial score (nSPS) is 16.0. The number of nitrogens with one attached hydrogen (secondary N) is 1. The van der Waals surface area contributed by atoms with Crippen LogP contribution in [-0.4, -0.2) is 49.4 Å². The molecule has 0 aliphatic carbocycles. The summed E-state index contributed by atoms with van der Waals surface area (Å²) in [6, 6.07) is 7.45. The van der Waals surface area contributed by atoms with E-state index in [1.807, 2.05) is 38.1 Å². The van der Waals surface area contributed by atoms with Crippen LogP contribution >= 0.6 is 0 Å². The summed E-state index contributed by atoms with van der Waals surface area (Å²) < 4.78 is 5.80. The molecule has 1 aliphatic heterocycles. The summed E-state index contributed by atoms with van der Waals surface area (Å²) in [5.74, 6) is 2.65. The van der Waals surface area contributed by atoms with Gasteiger partial charge in [-0.1, -0.05) is 52.2 Å². The first-order valence-corrected chi connectivity index (χ1v) is 13.1. The summed E-state index contributed by atoms with van der Waals surface area (Å²) in [5, 5.41) is 3.09. The van der Waals surface area contributed by atoms with Crippen LogP contribution in [0.15, 0.2) is 24.3 Å². The number of piperidine rings is 1. The first kappa shape index (κ1) is 27.4. The number of nitrogens with zero attached hydrogens (tertiary/aromatic N) is 1. The Morgan fingerprint density at radius 3 is 2.52 bits per heavy atom. The van der Waals surface area contributed by atoms with Crippen LogP contribution in [0, 0.1) is 17.8 Å². The lowest BCUT2D eigenvalue weighted by Gasteiger charge is -2.36. The highest BCUT2D eigenvalue weighted by Gasteiger charge is 2.25. The Labute approximate surface area is 201 Å². The number of hydrogen-bond donors (Lipinski definition) is 1. The van der Waals surface area contributed by atoms with Gasteiger partial charge in [0, 0.05) is 18.0 Å². The average molecular weight is 459 g/mol. The molecule has 0 spiro atoms. The predicted octanol–water partition coefficient (Wildman–Crippen LogP) is 5.73. The number of unbranched alkanes of at least 4 members (excludes halogenated alkanes) is 3. The monoisotopic (exact) mass is 458 g/mol. The highest BCUT2D eigenvalue weighted by atomic mass is 16.5. The quantitative estimate of drug-likeness (QED) is 0.269. The predicted molar refractivity (Wildman–Crippen MR) is 136 cm³/mol. The highest BCUT2D eigenvalue weighted by molar-refractivity contribution is 5.94. The minimum absolute atomic E-state index is 0.0739. The lowest BCUT2D eigenvalue weighted by Crippen LogP contribution is -2.37. The summed E-state index contributed by atoms with van der Waals surface area (Å²) >= 11 is 0. The summed E-state index contributed by atoms with van der Waals surface area (Å²) in [6.45, 7) is 13.0. The van der Waals surface area contributed by atoms with Gasteiger partial charge in [-0.15, -0.1) is 0 Å². The number of Topliss-reactive ketones (excluding diaryl/α,β-unsaturated/α-hetero) is 1. The minimum atomic E-state index is 0.0739. The molecule has 5 nitrogen and oxygen atoms in total. The van der Waals surface area contributed by atoms with E-state index in [1.54, 1.807) is 6.92 Å². The zero-order chi connectivity index (χ0) is 24.1. The lowest BCUT2D eigenvalue weighted by atomic mass is 9.80. The molecule has 1 fully saturated rings. The van der Waals surface area contributed by atoms with Gasteiger partial charge in [-0.05, 0) is 82.6 Å². The third kappa shape index (κ3) is 10.3. The fourth-order valence-electron chi connectivity index (χ4n) is 4.79. The molecule has 0 saturated carbocycles. The van der Waals surface area contributed by atoms with Crippen molar-refractivity contribution in [1.82, 2.24) is 10.2 Å². The molecule has 0 bridgehead atoms. The fraction of sp³-hybridized carbons (Fsp3) is 0.714. The minimum Gasteiger partial charge on any atom is -0.494 e. The van der Waals surface area contributed by atoms with E-state index < -0.39 is 0 Å². The van der Waals surface area contributed by atoms with Crippen LogP contribution in [0.2, 0.25) is 0 Å². The van der Waals surface area contributed by atoms with Crippen LogP contribution in [0.1, 0.15) is 89.4 Å². The Morgan fingerprint density at radius 2 is 1.85 bits per heavy atom. The molecule has 186 valence electrons. The number of ketones is 1. The first-order valence-electron chi connectivity index (χ1n) is 13.1. The van der Waals surface area contributed by atoms with Gasteiger partial charge in [0.05, 0.1) is 6.61 Å². The van der Waals surface area contributed by atoms with Crippen molar-refractivity contribution in [1.29, 1.82) is 0 Å². The Kier molecular flexibility index (Phi) is 12.5. The van der Waals surface area contributed by atoms with Gasteiger partial charge in [-0.2, -0.15) is 0 Å². The summed E-state index contributed by atoms with van der Waals surface area (Å²) in [5.41, 5.74) is 0.708. The Bertz CT molecular complexity index is 711. The van der Waals surface area contributed by atoms with E-state index in [4.69, 9.17) is 4.74 Å². The molecule has 1 N–H and O–H groups in total. The zero-order valence-corrected chi connectivity index (χ0v) is 21.4. The molecule has 1 aliphatic rings. The maximum atomic E-state index is 11.8. The van der Waals surface area contributed by atoms with E-state index in [9.17, 15) is 9.59 Å². The number of carbonyl (C=O) groups is 2. The molecule has 33 heavy (non-hydrogen) atoms. The molecule has 1 amide bonds. The molecular weight excluding hydrogens is 412 g/mol. The SMILES string of the molecule is CCC(CCNC(=O)C(C)C)C1CCN(CCCCCCOc2cccc(C(C)=O)c2)CC1. The van der Waals surface area contributed by atoms with E-state index in [2.05, 4.69) is 17.1 Å². The smallest absolute Gasteiger partial charge is 0.222 e. The van der Waals surface area contributed by atoms with Gasteiger partial charge in [0.1, 0.15) is 5.75 Å². The van der Waals surface area contributed by atoms with Gasteiger partial charge >= 0.3 is 0 Å². The van der Waals surface area contributed by atoms with Crippen LogP contribution in [0.3, 0.4) is 0 Å². The second-order valence-corrected chi connectivity index (χ2v) is 9.93. The lowest BCUT2D eigenvalue weighted by molar-refractivity contribution is -0.124. The fourth-order valence-corrected chi connectivity index (χ4v) is 4.79. The van der Waals surface area contributed by atoms with Crippen molar-refractivity contribution in [3.05, 3.63) is 29.8 Å². The zero-order valence-electron chi connectivity index (χ0n) is 21.4. The van der Waals surface area contributed by atoms with Gasteiger partial charge in [0.25, 0.3) is 0 Å². The molecule has 1 aromatic rings. The molecule has 0 aromatic heterocycles. The molecule has 2 rings (SSSR count). The van der Waals surface area contributed by atoms with E-state index in [0.717, 1.165) is 37.0 Å². The number of hydrogen-bond acceptors (Lipinski definition) is 4. The van der Waals surface area contributed by atoms with E-state index in [-0.39, 0.29) is 17.6 Å². The van der Waals surface area contributed by atoms with Crippen molar-refractivity contribution in [2.75, 3.05) is 32.8 Å². The maximum Gasteiger partial charge on any atom is 0.222 e. The number of likely N-dealkylation sites (tertiary alicyclic amines) is 1. The molecule has 1 aromatic carbocycles. The third-order valence-corrected chi connectivity index (χ3v) is 7.04. The van der Waals surface area contributed by atoms with Gasteiger partial charge in [-0.3, -0.25) is 9.59 Å².